The third-order valence-corrected chi connectivity index (χ3v) is 4.20. The summed E-state index contributed by atoms with van der Waals surface area (Å²) in [4.78, 5) is 37.1. The van der Waals surface area contributed by atoms with Gasteiger partial charge in [0.2, 0.25) is 0 Å². The fourth-order valence-electron chi connectivity index (χ4n) is 2.52. The fourth-order valence-corrected chi connectivity index (χ4v) is 2.52. The van der Waals surface area contributed by atoms with E-state index in [1.54, 1.807) is 0 Å². The molecule has 4 N–H and O–H groups in total. The molecule has 3 rings (SSSR count). The molecule has 0 bridgehead atoms. The molecule has 0 spiro atoms. The molecule has 3 aromatic carbocycles. The van der Waals surface area contributed by atoms with E-state index in [4.69, 9.17) is 14.2 Å². The second-order valence-corrected chi connectivity index (χ2v) is 6.71. The average Bonchev–Trinajstić information content (AvgIpc) is 2.78. The minimum atomic E-state index is -3.02. The number of hydrogen-bond acceptors (Lipinski definition) is 10. The first-order chi connectivity index (χ1) is 15.6. The summed E-state index contributed by atoms with van der Waals surface area (Å²) < 4.78 is 14.8. The summed E-state index contributed by atoms with van der Waals surface area (Å²) >= 11 is 0. The normalized spacial score (nSPS) is 10.8. The number of benzene rings is 3. The lowest BCUT2D eigenvalue weighted by Gasteiger charge is -2.26. The molecule has 0 saturated heterocycles. The molecule has 0 aromatic heterocycles. The molecule has 0 amide bonds. The summed E-state index contributed by atoms with van der Waals surface area (Å²) in [5.74, 6) is -6.60. The molecule has 10 heteroatoms. The Hall–Kier alpha value is -4.57. The maximum absolute atomic E-state index is 12.4. The standard InChI is InChI=1S/C23H18O10/c24-17-7-1-14(2-8-17)20(27)31-13-23(30,32-21(28)15-3-9-18(25)10-4-15)33-22(29)16-5-11-19(26)12-6-16/h1-12,24-26,30H,13H2. The number of phenols is 3. The predicted molar refractivity (Wildman–Crippen MR) is 110 cm³/mol. The molecular formula is C23H18O10. The highest BCUT2D eigenvalue weighted by Crippen LogP contribution is 2.20. The monoisotopic (exact) mass is 454 g/mol. The van der Waals surface area contributed by atoms with Crippen LogP contribution in [0, 0.1) is 0 Å². The van der Waals surface area contributed by atoms with E-state index in [2.05, 4.69) is 0 Å². The van der Waals surface area contributed by atoms with Gasteiger partial charge in [0.15, 0.2) is 6.61 Å². The second-order valence-electron chi connectivity index (χ2n) is 6.71. The van der Waals surface area contributed by atoms with E-state index in [9.17, 15) is 34.8 Å². The average molecular weight is 454 g/mol. The topological polar surface area (TPSA) is 160 Å². The van der Waals surface area contributed by atoms with Crippen LogP contribution in [-0.2, 0) is 14.2 Å². The van der Waals surface area contributed by atoms with Crippen molar-refractivity contribution in [2.75, 3.05) is 6.61 Å². The van der Waals surface area contributed by atoms with Gasteiger partial charge in [0.05, 0.1) is 16.7 Å². The van der Waals surface area contributed by atoms with Crippen LogP contribution in [0.5, 0.6) is 17.2 Å². The van der Waals surface area contributed by atoms with Crippen molar-refractivity contribution in [3.63, 3.8) is 0 Å². The number of esters is 3. The smallest absolute Gasteiger partial charge is 0.410 e. The molecule has 0 fully saturated rings. The zero-order valence-electron chi connectivity index (χ0n) is 16.9. The first-order valence-electron chi connectivity index (χ1n) is 9.38. The van der Waals surface area contributed by atoms with Crippen molar-refractivity contribution in [2.24, 2.45) is 0 Å². The van der Waals surface area contributed by atoms with Crippen LogP contribution in [0.4, 0.5) is 0 Å². The van der Waals surface area contributed by atoms with Crippen molar-refractivity contribution >= 4 is 17.9 Å². The van der Waals surface area contributed by atoms with Crippen LogP contribution in [0.1, 0.15) is 31.1 Å². The lowest BCUT2D eigenvalue weighted by atomic mass is 10.2. The maximum atomic E-state index is 12.4. The summed E-state index contributed by atoms with van der Waals surface area (Å²) in [6, 6.07) is 14.5. The Morgan fingerprint density at radius 3 is 1.21 bits per heavy atom. The zero-order chi connectivity index (χ0) is 24.0. The quantitative estimate of drug-likeness (QED) is 0.308. The van der Waals surface area contributed by atoms with E-state index < -0.39 is 30.5 Å². The van der Waals surface area contributed by atoms with Gasteiger partial charge in [-0.3, -0.25) is 0 Å². The van der Waals surface area contributed by atoms with Crippen LogP contribution in [0.15, 0.2) is 72.8 Å². The van der Waals surface area contributed by atoms with Gasteiger partial charge in [-0.05, 0) is 72.8 Å². The molecular weight excluding hydrogens is 436 g/mol. The molecule has 0 heterocycles. The van der Waals surface area contributed by atoms with Gasteiger partial charge in [-0.1, -0.05) is 0 Å². The summed E-state index contributed by atoms with van der Waals surface area (Å²) in [5, 5.41) is 38.7. The van der Waals surface area contributed by atoms with Crippen LogP contribution in [0.25, 0.3) is 0 Å². The molecule has 0 aliphatic rings. The molecule has 0 aliphatic carbocycles. The number of aromatic hydroxyl groups is 3. The van der Waals surface area contributed by atoms with Gasteiger partial charge in [0.25, 0.3) is 0 Å². The molecule has 0 unspecified atom stereocenters. The van der Waals surface area contributed by atoms with Crippen LogP contribution >= 0.6 is 0 Å². The van der Waals surface area contributed by atoms with E-state index >= 15 is 0 Å². The summed E-state index contributed by atoms with van der Waals surface area (Å²) in [6.07, 6.45) is 0. The van der Waals surface area contributed by atoms with Crippen molar-refractivity contribution in [1.29, 1.82) is 0 Å². The Morgan fingerprint density at radius 2 is 0.879 bits per heavy atom. The third kappa shape index (κ3) is 6.21. The minimum Gasteiger partial charge on any atom is -0.508 e. The fraction of sp³-hybridized carbons (Fsp3) is 0.0870. The first kappa shape index (κ1) is 23.1. The van der Waals surface area contributed by atoms with E-state index in [0.29, 0.717) is 0 Å². The number of carbonyl (C=O) groups excluding carboxylic acids is 3. The van der Waals surface area contributed by atoms with Crippen LogP contribution in [0.2, 0.25) is 0 Å². The number of ether oxygens (including phenoxy) is 3. The van der Waals surface area contributed by atoms with Crippen molar-refractivity contribution in [1.82, 2.24) is 0 Å². The molecule has 0 radical (unpaired) electrons. The molecule has 0 atom stereocenters. The number of phenolic OH excluding ortho intramolecular Hbond substituents is 3. The molecule has 10 nitrogen and oxygen atoms in total. The summed E-state index contributed by atoms with van der Waals surface area (Å²) in [6.45, 7) is -1.08. The second kappa shape index (κ2) is 9.71. The highest BCUT2D eigenvalue weighted by atomic mass is 16.9. The number of hydrogen-bond donors (Lipinski definition) is 4. The molecule has 170 valence electrons. The van der Waals surface area contributed by atoms with Gasteiger partial charge in [-0.15, -0.1) is 0 Å². The lowest BCUT2D eigenvalue weighted by Crippen LogP contribution is -2.45. The lowest BCUT2D eigenvalue weighted by molar-refractivity contribution is -0.317. The highest BCUT2D eigenvalue weighted by Gasteiger charge is 2.39. The van der Waals surface area contributed by atoms with E-state index in [1.165, 1.54) is 72.8 Å². The van der Waals surface area contributed by atoms with Crippen LogP contribution < -0.4 is 0 Å². The SMILES string of the molecule is O=C(OCC(O)(OC(=O)c1ccc(O)cc1)OC(=O)c1ccc(O)cc1)c1ccc(O)cc1. The van der Waals surface area contributed by atoms with Crippen molar-refractivity contribution in [2.45, 2.75) is 5.97 Å². The van der Waals surface area contributed by atoms with Crippen LogP contribution in [0.3, 0.4) is 0 Å². The Labute approximate surface area is 186 Å². The predicted octanol–water partition coefficient (Wildman–Crippen LogP) is 2.32. The Morgan fingerprint density at radius 1 is 0.576 bits per heavy atom. The van der Waals surface area contributed by atoms with Gasteiger partial charge in [-0.25, -0.2) is 14.4 Å². The minimum absolute atomic E-state index is 0.00451. The third-order valence-electron chi connectivity index (χ3n) is 4.20. The van der Waals surface area contributed by atoms with Gasteiger partial charge >= 0.3 is 23.9 Å². The Bertz CT molecular complexity index is 1080. The van der Waals surface area contributed by atoms with Gasteiger partial charge in [-0.2, -0.15) is 0 Å². The largest absolute Gasteiger partial charge is 0.508 e. The Balaban J connectivity index is 1.79. The van der Waals surface area contributed by atoms with Gasteiger partial charge in [0.1, 0.15) is 17.2 Å². The zero-order valence-corrected chi connectivity index (χ0v) is 16.9. The molecule has 3 aromatic rings. The molecule has 0 saturated carbocycles. The van der Waals surface area contributed by atoms with Crippen molar-refractivity contribution < 1.29 is 49.0 Å². The number of rotatable bonds is 7. The number of carbonyl (C=O) groups is 3. The molecule has 0 aliphatic heterocycles. The summed E-state index contributed by atoms with van der Waals surface area (Å²) in [7, 11) is 0. The first-order valence-corrected chi connectivity index (χ1v) is 9.38. The highest BCUT2D eigenvalue weighted by molar-refractivity contribution is 5.92. The van der Waals surface area contributed by atoms with E-state index in [-0.39, 0.29) is 33.9 Å². The van der Waals surface area contributed by atoms with Gasteiger partial charge < -0.3 is 34.6 Å². The molecule has 33 heavy (non-hydrogen) atoms. The van der Waals surface area contributed by atoms with E-state index in [1.807, 2.05) is 0 Å². The summed E-state index contributed by atoms with van der Waals surface area (Å²) in [5.41, 5.74) is -0.196. The van der Waals surface area contributed by atoms with E-state index in [0.717, 1.165) is 0 Å². The van der Waals surface area contributed by atoms with Crippen molar-refractivity contribution in [3.05, 3.63) is 89.5 Å². The maximum Gasteiger partial charge on any atom is 0.410 e. The van der Waals surface area contributed by atoms with Crippen molar-refractivity contribution in [3.8, 4) is 17.2 Å². The Kier molecular flexibility index (Phi) is 6.79. The van der Waals surface area contributed by atoms with Gasteiger partial charge in [0, 0.05) is 0 Å². The van der Waals surface area contributed by atoms with Crippen LogP contribution in [-0.4, -0.2) is 50.9 Å². The number of aliphatic hydroxyl groups is 1.